The topological polar surface area (TPSA) is 32.3 Å². The second-order valence-electron chi connectivity index (χ2n) is 8.76. The molecule has 3 nitrogen and oxygen atoms in total. The molecule has 27 heavy (non-hydrogen) atoms. The van der Waals surface area contributed by atoms with Gasteiger partial charge in [-0.1, -0.05) is 20.8 Å². The number of hydrogen-bond acceptors (Lipinski definition) is 3. The smallest absolute Gasteiger partial charge is 0.224 e. The zero-order valence-electron chi connectivity index (χ0n) is 16.9. The summed E-state index contributed by atoms with van der Waals surface area (Å²) in [5.41, 5.74) is 5.88. The summed E-state index contributed by atoms with van der Waals surface area (Å²) in [5.74, 6) is 0.0870. The largest absolute Gasteiger partial charge is 0.367 e. The normalized spacial score (nSPS) is 14.7. The first-order valence-corrected chi connectivity index (χ1v) is 11.2. The average molecular weight is 449 g/mol. The van der Waals surface area contributed by atoms with Crippen LogP contribution in [0.2, 0.25) is 0 Å². The molecule has 0 atom stereocenters. The highest BCUT2D eigenvalue weighted by molar-refractivity contribution is 9.11. The van der Waals surface area contributed by atoms with Crippen LogP contribution in [0.3, 0.4) is 0 Å². The number of amides is 1. The van der Waals surface area contributed by atoms with Gasteiger partial charge < -0.3 is 10.2 Å². The maximum Gasteiger partial charge on any atom is 0.224 e. The number of rotatable bonds is 3. The van der Waals surface area contributed by atoms with Gasteiger partial charge in [0.05, 0.1) is 3.79 Å². The molecule has 0 spiro atoms. The first kappa shape index (κ1) is 20.4. The number of halogens is 1. The van der Waals surface area contributed by atoms with Crippen LogP contribution in [0.15, 0.2) is 22.0 Å². The van der Waals surface area contributed by atoms with Crippen molar-refractivity contribution in [3.63, 3.8) is 0 Å². The SMILES string of the molecule is Cc1cc(N2CCCc3sc(Br)cc3C2)cc(C)c1NC(=O)CC(C)(C)C. The minimum atomic E-state index is -0.00952. The maximum absolute atomic E-state index is 12.4. The molecule has 1 aliphatic heterocycles. The van der Waals surface area contributed by atoms with E-state index >= 15 is 0 Å². The number of nitrogens with zero attached hydrogens (tertiary/aromatic N) is 1. The molecule has 0 radical (unpaired) electrons. The molecule has 0 aliphatic carbocycles. The fourth-order valence-electron chi connectivity index (χ4n) is 3.70. The van der Waals surface area contributed by atoms with Gasteiger partial charge in [0.1, 0.15) is 0 Å². The Balaban J connectivity index is 1.81. The molecule has 1 aromatic carbocycles. The molecule has 1 aliphatic rings. The van der Waals surface area contributed by atoms with Crippen LogP contribution >= 0.6 is 27.3 Å². The fourth-order valence-corrected chi connectivity index (χ4v) is 5.50. The Bertz CT molecular complexity index is 827. The van der Waals surface area contributed by atoms with Gasteiger partial charge in [-0.25, -0.2) is 0 Å². The van der Waals surface area contributed by atoms with Gasteiger partial charge in [0.25, 0.3) is 0 Å². The van der Waals surface area contributed by atoms with Crippen LogP contribution in [-0.4, -0.2) is 12.5 Å². The summed E-state index contributed by atoms with van der Waals surface area (Å²) < 4.78 is 1.22. The van der Waals surface area contributed by atoms with Crippen LogP contribution in [0.1, 0.15) is 55.2 Å². The van der Waals surface area contributed by atoms with Crippen molar-refractivity contribution in [2.75, 3.05) is 16.8 Å². The van der Waals surface area contributed by atoms with Crippen molar-refractivity contribution in [3.05, 3.63) is 43.6 Å². The van der Waals surface area contributed by atoms with E-state index in [0.717, 1.165) is 36.3 Å². The molecule has 3 rings (SSSR count). The summed E-state index contributed by atoms with van der Waals surface area (Å²) in [6.07, 6.45) is 2.85. The number of benzene rings is 1. The molecule has 2 heterocycles. The number of carbonyl (C=O) groups excluding carboxylic acids is 1. The fraction of sp³-hybridized carbons (Fsp3) is 0.500. The average Bonchev–Trinajstić information content (AvgIpc) is 2.76. The van der Waals surface area contributed by atoms with Gasteiger partial charge >= 0.3 is 0 Å². The molecule has 0 unspecified atom stereocenters. The zero-order valence-corrected chi connectivity index (χ0v) is 19.3. The van der Waals surface area contributed by atoms with E-state index in [1.54, 1.807) is 0 Å². The lowest BCUT2D eigenvalue weighted by Gasteiger charge is -2.25. The van der Waals surface area contributed by atoms with Crippen LogP contribution in [0.4, 0.5) is 11.4 Å². The molecule has 0 saturated heterocycles. The van der Waals surface area contributed by atoms with Crippen LogP contribution in [-0.2, 0) is 17.8 Å². The van der Waals surface area contributed by atoms with Gasteiger partial charge in [0.2, 0.25) is 5.91 Å². The standard InChI is InChI=1S/C22H29BrN2OS/c1-14-9-17(10-15(2)21(14)24-20(26)12-22(3,4)5)25-8-6-7-18-16(13-25)11-19(23)27-18/h9-11H,6-8,12-13H2,1-5H3,(H,24,26). The van der Waals surface area contributed by atoms with Crippen molar-refractivity contribution in [3.8, 4) is 0 Å². The van der Waals surface area contributed by atoms with E-state index < -0.39 is 0 Å². The van der Waals surface area contributed by atoms with Gasteiger partial charge in [-0.15, -0.1) is 11.3 Å². The number of anilines is 2. The highest BCUT2D eigenvalue weighted by atomic mass is 79.9. The summed E-state index contributed by atoms with van der Waals surface area (Å²) in [7, 11) is 0. The predicted molar refractivity (Wildman–Crippen MR) is 120 cm³/mol. The molecular weight excluding hydrogens is 420 g/mol. The molecule has 0 fully saturated rings. The summed E-state index contributed by atoms with van der Waals surface area (Å²) in [5, 5.41) is 3.13. The van der Waals surface area contributed by atoms with Crippen LogP contribution in [0.25, 0.3) is 0 Å². The molecule has 5 heteroatoms. The van der Waals surface area contributed by atoms with Crippen molar-refractivity contribution in [2.24, 2.45) is 5.41 Å². The minimum Gasteiger partial charge on any atom is -0.367 e. The van der Waals surface area contributed by atoms with E-state index in [-0.39, 0.29) is 11.3 Å². The number of thiophene rings is 1. The summed E-state index contributed by atoms with van der Waals surface area (Å²) in [4.78, 5) is 16.3. The molecular formula is C22H29BrN2OS. The van der Waals surface area contributed by atoms with Gasteiger partial charge in [-0.05, 0) is 82.9 Å². The molecule has 2 aromatic rings. The third-order valence-electron chi connectivity index (χ3n) is 4.90. The lowest BCUT2D eigenvalue weighted by atomic mass is 9.92. The molecule has 0 bridgehead atoms. The number of nitrogens with one attached hydrogen (secondary N) is 1. The number of aryl methyl sites for hydroxylation is 3. The Labute approximate surface area is 175 Å². The van der Waals surface area contributed by atoms with Gasteiger partial charge in [-0.2, -0.15) is 0 Å². The van der Waals surface area contributed by atoms with Crippen LogP contribution in [0.5, 0.6) is 0 Å². The third-order valence-corrected chi connectivity index (χ3v) is 6.64. The monoisotopic (exact) mass is 448 g/mol. The minimum absolute atomic E-state index is 0.00952. The number of hydrogen-bond donors (Lipinski definition) is 1. The van der Waals surface area contributed by atoms with Gasteiger partial charge in [0, 0.05) is 35.8 Å². The summed E-state index contributed by atoms with van der Waals surface area (Å²) in [6, 6.07) is 6.69. The lowest BCUT2D eigenvalue weighted by molar-refractivity contribution is -0.117. The van der Waals surface area contributed by atoms with E-state index in [1.807, 2.05) is 11.3 Å². The van der Waals surface area contributed by atoms with Crippen LogP contribution in [0, 0.1) is 19.3 Å². The van der Waals surface area contributed by atoms with Crippen LogP contribution < -0.4 is 10.2 Å². The van der Waals surface area contributed by atoms with Crippen molar-refractivity contribution in [1.82, 2.24) is 0 Å². The van der Waals surface area contributed by atoms with Crippen molar-refractivity contribution in [1.29, 1.82) is 0 Å². The summed E-state index contributed by atoms with van der Waals surface area (Å²) >= 11 is 5.49. The Morgan fingerprint density at radius 1 is 1.22 bits per heavy atom. The number of carbonyl (C=O) groups is 1. The van der Waals surface area contributed by atoms with Crippen molar-refractivity contribution < 1.29 is 4.79 Å². The van der Waals surface area contributed by atoms with E-state index in [2.05, 4.69) is 79.0 Å². The molecule has 0 saturated carbocycles. The lowest BCUT2D eigenvalue weighted by Crippen LogP contribution is -2.23. The van der Waals surface area contributed by atoms with Gasteiger partial charge in [0.15, 0.2) is 0 Å². The first-order valence-electron chi connectivity index (χ1n) is 9.55. The maximum atomic E-state index is 12.4. The van der Waals surface area contributed by atoms with Crippen molar-refractivity contribution in [2.45, 2.75) is 60.4 Å². The molecule has 1 N–H and O–H groups in total. The quantitative estimate of drug-likeness (QED) is 0.584. The van der Waals surface area contributed by atoms with E-state index in [0.29, 0.717) is 6.42 Å². The summed E-state index contributed by atoms with van der Waals surface area (Å²) in [6.45, 7) is 12.5. The molecule has 146 valence electrons. The second-order valence-corrected chi connectivity index (χ2v) is 11.3. The first-order chi connectivity index (χ1) is 12.6. The Morgan fingerprint density at radius 3 is 2.52 bits per heavy atom. The predicted octanol–water partition coefficient (Wildman–Crippen LogP) is 6.45. The van der Waals surface area contributed by atoms with Gasteiger partial charge in [-0.3, -0.25) is 4.79 Å². The van der Waals surface area contributed by atoms with Crippen molar-refractivity contribution >= 4 is 44.5 Å². The Kier molecular flexibility index (Phi) is 6.02. The Hall–Kier alpha value is -1.33. The zero-order chi connectivity index (χ0) is 19.8. The number of fused-ring (bicyclic) bond motifs is 1. The van der Waals surface area contributed by atoms with E-state index in [4.69, 9.17) is 0 Å². The third kappa shape index (κ3) is 5.14. The second kappa shape index (κ2) is 7.96. The highest BCUT2D eigenvalue weighted by Crippen LogP contribution is 2.34. The molecule has 1 amide bonds. The molecule has 1 aromatic heterocycles. The van der Waals surface area contributed by atoms with E-state index in [9.17, 15) is 4.79 Å². The Morgan fingerprint density at radius 2 is 1.89 bits per heavy atom. The highest BCUT2D eigenvalue weighted by Gasteiger charge is 2.20. The van der Waals surface area contributed by atoms with E-state index in [1.165, 1.54) is 26.3 Å².